The number of aliphatic hydroxyl groups excluding tert-OH is 1. The van der Waals surface area contributed by atoms with E-state index < -0.39 is 29.2 Å². The van der Waals surface area contributed by atoms with Gasteiger partial charge in [0.15, 0.2) is 0 Å². The summed E-state index contributed by atoms with van der Waals surface area (Å²) in [6.45, 7) is -0.166. The zero-order chi connectivity index (χ0) is 14.7. The molecule has 0 saturated heterocycles. The van der Waals surface area contributed by atoms with Crippen molar-refractivity contribution < 1.29 is 22.7 Å². The average Bonchev–Trinajstić information content (AvgIpc) is 2.46. The van der Waals surface area contributed by atoms with Gasteiger partial charge in [-0.3, -0.25) is 0 Å². The number of aliphatic hydroxyl groups is 1. The number of halogens is 4. The second kappa shape index (κ2) is 5.87. The van der Waals surface area contributed by atoms with Crippen LogP contribution in [0.25, 0.3) is 0 Å². The van der Waals surface area contributed by atoms with E-state index in [-0.39, 0.29) is 13.2 Å². The minimum atomic E-state index is -1.71. The summed E-state index contributed by atoms with van der Waals surface area (Å²) >= 11 is 0. The number of rotatable bonds is 4. The standard InChI is InChI=1S/C13H10F4N2O/c14-9-11(10(15)13(17)19-12(9)16)18-5-7-1-3-8(6-20)4-2-7/h1-4,20H,5-6H2,(H,18,19). The third kappa shape index (κ3) is 2.88. The Morgan fingerprint density at radius 1 is 0.900 bits per heavy atom. The van der Waals surface area contributed by atoms with Crippen molar-refractivity contribution in [2.45, 2.75) is 13.2 Å². The molecule has 2 N–H and O–H groups in total. The summed E-state index contributed by atoms with van der Waals surface area (Å²) < 4.78 is 52.4. The van der Waals surface area contributed by atoms with Crippen molar-refractivity contribution in [1.29, 1.82) is 0 Å². The highest BCUT2D eigenvalue weighted by Gasteiger charge is 2.20. The van der Waals surface area contributed by atoms with E-state index in [1.54, 1.807) is 24.3 Å². The maximum Gasteiger partial charge on any atom is 0.253 e. The minimum Gasteiger partial charge on any atom is -0.392 e. The quantitative estimate of drug-likeness (QED) is 0.671. The van der Waals surface area contributed by atoms with Crippen LogP contribution in [0, 0.1) is 23.5 Å². The molecular weight excluding hydrogens is 276 g/mol. The molecule has 0 amide bonds. The number of nitrogens with one attached hydrogen (secondary N) is 1. The molecule has 0 radical (unpaired) electrons. The Hall–Kier alpha value is -2.15. The Balaban J connectivity index is 2.18. The molecule has 0 aliphatic carbocycles. The maximum atomic E-state index is 13.3. The molecule has 2 rings (SSSR count). The second-order valence-electron chi connectivity index (χ2n) is 4.02. The minimum absolute atomic E-state index is 0.0392. The van der Waals surface area contributed by atoms with E-state index in [1.165, 1.54) is 0 Å². The highest BCUT2D eigenvalue weighted by Crippen LogP contribution is 2.22. The normalized spacial score (nSPS) is 10.7. The Bertz CT molecular complexity index is 591. The summed E-state index contributed by atoms with van der Waals surface area (Å²) in [4.78, 5) is 2.46. The first kappa shape index (κ1) is 14.3. The second-order valence-corrected chi connectivity index (χ2v) is 4.02. The number of nitrogens with zero attached hydrogens (tertiary/aromatic N) is 1. The molecule has 1 aromatic carbocycles. The van der Waals surface area contributed by atoms with Gasteiger partial charge in [-0.25, -0.2) is 0 Å². The van der Waals surface area contributed by atoms with Crippen LogP contribution in [0.15, 0.2) is 24.3 Å². The number of benzene rings is 1. The lowest BCUT2D eigenvalue weighted by molar-refractivity contribution is 0.282. The number of hydrogen-bond donors (Lipinski definition) is 2. The van der Waals surface area contributed by atoms with E-state index in [2.05, 4.69) is 10.3 Å². The van der Waals surface area contributed by atoms with Crippen molar-refractivity contribution in [3.8, 4) is 0 Å². The van der Waals surface area contributed by atoms with Crippen LogP contribution in [0.4, 0.5) is 23.2 Å². The van der Waals surface area contributed by atoms with Crippen LogP contribution < -0.4 is 5.32 Å². The molecule has 0 aliphatic rings. The number of anilines is 1. The van der Waals surface area contributed by atoms with Gasteiger partial charge >= 0.3 is 0 Å². The van der Waals surface area contributed by atoms with Gasteiger partial charge < -0.3 is 10.4 Å². The molecule has 0 unspecified atom stereocenters. The molecule has 20 heavy (non-hydrogen) atoms. The summed E-state index contributed by atoms with van der Waals surface area (Å²) in [5.41, 5.74) is 0.395. The monoisotopic (exact) mass is 286 g/mol. The van der Waals surface area contributed by atoms with Crippen LogP contribution in [0.1, 0.15) is 11.1 Å². The van der Waals surface area contributed by atoms with Gasteiger partial charge in [0, 0.05) is 6.54 Å². The number of aromatic nitrogens is 1. The molecule has 1 heterocycles. The molecule has 0 saturated carbocycles. The smallest absolute Gasteiger partial charge is 0.253 e. The predicted molar refractivity (Wildman–Crippen MR) is 63.8 cm³/mol. The fraction of sp³-hybridized carbons (Fsp3) is 0.154. The fourth-order valence-corrected chi connectivity index (χ4v) is 1.60. The lowest BCUT2D eigenvalue weighted by Gasteiger charge is -2.09. The lowest BCUT2D eigenvalue weighted by Crippen LogP contribution is -2.09. The van der Waals surface area contributed by atoms with Gasteiger partial charge in [0.2, 0.25) is 11.6 Å². The van der Waals surface area contributed by atoms with Crippen LogP contribution in [-0.2, 0) is 13.2 Å². The predicted octanol–water partition coefficient (Wildman–Crippen LogP) is 2.74. The highest BCUT2D eigenvalue weighted by atomic mass is 19.2. The fourth-order valence-electron chi connectivity index (χ4n) is 1.60. The lowest BCUT2D eigenvalue weighted by atomic mass is 10.1. The van der Waals surface area contributed by atoms with Gasteiger partial charge in [-0.05, 0) is 11.1 Å². The maximum absolute atomic E-state index is 13.3. The van der Waals surface area contributed by atoms with Gasteiger partial charge in [0.05, 0.1) is 6.61 Å². The van der Waals surface area contributed by atoms with E-state index in [4.69, 9.17) is 5.11 Å². The largest absolute Gasteiger partial charge is 0.392 e. The first-order valence-electron chi connectivity index (χ1n) is 5.65. The molecule has 3 nitrogen and oxygen atoms in total. The first-order valence-corrected chi connectivity index (χ1v) is 5.65. The van der Waals surface area contributed by atoms with Gasteiger partial charge in [0.25, 0.3) is 11.9 Å². The van der Waals surface area contributed by atoms with Crippen LogP contribution >= 0.6 is 0 Å². The van der Waals surface area contributed by atoms with Crippen molar-refractivity contribution in [2.75, 3.05) is 5.32 Å². The molecule has 0 spiro atoms. The van der Waals surface area contributed by atoms with Crippen LogP contribution in [0.2, 0.25) is 0 Å². The molecule has 2 aromatic rings. The van der Waals surface area contributed by atoms with E-state index >= 15 is 0 Å². The van der Waals surface area contributed by atoms with Crippen LogP contribution in [0.3, 0.4) is 0 Å². The molecule has 0 bridgehead atoms. The summed E-state index contributed by atoms with van der Waals surface area (Å²) in [6, 6.07) is 6.47. The summed E-state index contributed by atoms with van der Waals surface area (Å²) in [6.07, 6.45) is 0. The average molecular weight is 286 g/mol. The highest BCUT2D eigenvalue weighted by molar-refractivity contribution is 5.46. The van der Waals surface area contributed by atoms with Crippen molar-refractivity contribution in [1.82, 2.24) is 4.98 Å². The Morgan fingerprint density at radius 3 is 1.90 bits per heavy atom. The first-order chi connectivity index (χ1) is 9.52. The van der Waals surface area contributed by atoms with Gasteiger partial charge in [0.1, 0.15) is 5.69 Å². The van der Waals surface area contributed by atoms with Gasteiger partial charge in [-0.1, -0.05) is 24.3 Å². The molecular formula is C13H10F4N2O. The molecule has 0 aliphatic heterocycles. The van der Waals surface area contributed by atoms with Gasteiger partial charge in [-0.15, -0.1) is 0 Å². The molecule has 7 heteroatoms. The van der Waals surface area contributed by atoms with Crippen molar-refractivity contribution in [3.63, 3.8) is 0 Å². The summed E-state index contributed by atoms with van der Waals surface area (Å²) in [5, 5.41) is 11.1. The van der Waals surface area contributed by atoms with Crippen molar-refractivity contribution in [2.24, 2.45) is 0 Å². The van der Waals surface area contributed by atoms with Crippen LogP contribution in [-0.4, -0.2) is 10.1 Å². The molecule has 1 aromatic heterocycles. The number of pyridine rings is 1. The van der Waals surface area contributed by atoms with Crippen LogP contribution in [0.5, 0.6) is 0 Å². The third-order valence-corrected chi connectivity index (χ3v) is 2.67. The van der Waals surface area contributed by atoms with Crippen molar-refractivity contribution >= 4 is 5.69 Å². The van der Waals surface area contributed by atoms with E-state index in [0.29, 0.717) is 11.1 Å². The zero-order valence-electron chi connectivity index (χ0n) is 10.1. The molecule has 106 valence electrons. The molecule has 0 atom stereocenters. The summed E-state index contributed by atoms with van der Waals surface area (Å²) in [5.74, 6) is -6.56. The van der Waals surface area contributed by atoms with E-state index in [1.807, 2.05) is 0 Å². The van der Waals surface area contributed by atoms with E-state index in [9.17, 15) is 17.6 Å². The third-order valence-electron chi connectivity index (χ3n) is 2.67. The zero-order valence-corrected chi connectivity index (χ0v) is 10.1. The number of hydrogen-bond acceptors (Lipinski definition) is 3. The van der Waals surface area contributed by atoms with Crippen molar-refractivity contribution in [3.05, 3.63) is 58.9 Å². The summed E-state index contributed by atoms with van der Waals surface area (Å²) in [7, 11) is 0. The Labute approximate surface area is 111 Å². The molecule has 0 fully saturated rings. The Morgan fingerprint density at radius 2 is 1.40 bits per heavy atom. The van der Waals surface area contributed by atoms with E-state index in [0.717, 1.165) is 0 Å². The van der Waals surface area contributed by atoms with Gasteiger partial charge in [-0.2, -0.15) is 22.5 Å². The Kier molecular flexibility index (Phi) is 4.19. The topological polar surface area (TPSA) is 45.1 Å². The SMILES string of the molecule is OCc1ccc(CNc2c(F)c(F)nc(F)c2F)cc1.